The molecule has 2 heterocycles. The number of amides is 2. The summed E-state index contributed by atoms with van der Waals surface area (Å²) in [6.07, 6.45) is 2.12. The van der Waals surface area contributed by atoms with Gasteiger partial charge in [0, 0.05) is 19.2 Å². The molecule has 0 radical (unpaired) electrons. The fourth-order valence-electron chi connectivity index (χ4n) is 2.93. The molecule has 1 aromatic heterocycles. The summed E-state index contributed by atoms with van der Waals surface area (Å²) in [5.41, 5.74) is 1.35. The predicted octanol–water partition coefficient (Wildman–Crippen LogP) is 2.01. The van der Waals surface area contributed by atoms with Crippen molar-refractivity contribution in [2.24, 2.45) is 0 Å². The van der Waals surface area contributed by atoms with Crippen molar-refractivity contribution < 1.29 is 14.1 Å². The zero-order valence-electron chi connectivity index (χ0n) is 13.7. The van der Waals surface area contributed by atoms with Gasteiger partial charge in [0.05, 0.1) is 12.1 Å². The molecule has 1 aliphatic rings. The van der Waals surface area contributed by atoms with E-state index in [1.807, 2.05) is 35.2 Å². The van der Waals surface area contributed by atoms with E-state index in [0.29, 0.717) is 11.5 Å². The van der Waals surface area contributed by atoms with Crippen LogP contribution in [-0.4, -0.2) is 35.0 Å². The highest BCUT2D eigenvalue weighted by Gasteiger charge is 2.29. The van der Waals surface area contributed by atoms with Crippen LogP contribution in [0, 0.1) is 6.92 Å². The fourth-order valence-corrected chi connectivity index (χ4v) is 2.93. The van der Waals surface area contributed by atoms with Crippen LogP contribution in [0.4, 0.5) is 0 Å². The van der Waals surface area contributed by atoms with Gasteiger partial charge in [-0.3, -0.25) is 9.59 Å². The Hall–Kier alpha value is -2.63. The summed E-state index contributed by atoms with van der Waals surface area (Å²) in [7, 11) is 0. The lowest BCUT2D eigenvalue weighted by Crippen LogP contribution is -2.42. The van der Waals surface area contributed by atoms with Gasteiger partial charge >= 0.3 is 0 Å². The van der Waals surface area contributed by atoms with Gasteiger partial charge in [0.1, 0.15) is 11.8 Å². The van der Waals surface area contributed by atoms with Crippen LogP contribution in [0.1, 0.15) is 35.9 Å². The minimum atomic E-state index is -0.662. The molecule has 1 saturated heterocycles. The predicted molar refractivity (Wildman–Crippen MR) is 88.1 cm³/mol. The van der Waals surface area contributed by atoms with Crippen LogP contribution in [0.5, 0.6) is 0 Å². The average molecular weight is 327 g/mol. The molecule has 2 aromatic rings. The van der Waals surface area contributed by atoms with Crippen molar-refractivity contribution in [1.29, 1.82) is 0 Å². The van der Waals surface area contributed by atoms with Crippen LogP contribution >= 0.6 is 0 Å². The summed E-state index contributed by atoms with van der Waals surface area (Å²) in [5.74, 6) is 0.360. The molecule has 1 atom stereocenters. The summed E-state index contributed by atoms with van der Waals surface area (Å²) in [6.45, 7) is 3.28. The molecule has 1 unspecified atom stereocenters. The molecule has 1 aliphatic heterocycles. The van der Waals surface area contributed by atoms with Gasteiger partial charge in [-0.05, 0) is 25.3 Å². The number of nitrogens with zero attached hydrogens (tertiary/aromatic N) is 2. The maximum absolute atomic E-state index is 12.8. The molecule has 0 bridgehead atoms. The Labute approximate surface area is 140 Å². The number of hydrogen-bond donors (Lipinski definition) is 1. The largest absolute Gasteiger partial charge is 0.361 e. The SMILES string of the molecule is Cc1cc(CC(=O)NC(C(=O)N2CCCC2)c2ccccc2)no1. The minimum Gasteiger partial charge on any atom is -0.361 e. The molecule has 0 aliphatic carbocycles. The van der Waals surface area contributed by atoms with Gasteiger partial charge in [0.2, 0.25) is 11.8 Å². The van der Waals surface area contributed by atoms with Crippen LogP contribution in [0.3, 0.4) is 0 Å². The molecule has 1 fully saturated rings. The van der Waals surface area contributed by atoms with Crippen molar-refractivity contribution >= 4 is 11.8 Å². The van der Waals surface area contributed by atoms with Gasteiger partial charge in [-0.25, -0.2) is 0 Å². The quantitative estimate of drug-likeness (QED) is 0.911. The Bertz CT molecular complexity index is 705. The van der Waals surface area contributed by atoms with Crippen molar-refractivity contribution in [3.63, 3.8) is 0 Å². The third-order valence-corrected chi connectivity index (χ3v) is 4.12. The van der Waals surface area contributed by atoms with Crippen molar-refractivity contribution in [2.45, 2.75) is 32.2 Å². The van der Waals surface area contributed by atoms with E-state index >= 15 is 0 Å². The summed E-state index contributed by atoms with van der Waals surface area (Å²) in [4.78, 5) is 27.0. The number of carbonyl (C=O) groups is 2. The molecule has 3 rings (SSSR count). The first kappa shape index (κ1) is 16.2. The molecule has 0 spiro atoms. The lowest BCUT2D eigenvalue weighted by atomic mass is 10.1. The van der Waals surface area contributed by atoms with Gasteiger partial charge in [-0.1, -0.05) is 35.5 Å². The van der Waals surface area contributed by atoms with Gasteiger partial charge in [-0.2, -0.15) is 0 Å². The molecule has 6 nitrogen and oxygen atoms in total. The highest BCUT2D eigenvalue weighted by molar-refractivity contribution is 5.89. The van der Waals surface area contributed by atoms with Crippen LogP contribution < -0.4 is 5.32 Å². The monoisotopic (exact) mass is 327 g/mol. The van der Waals surface area contributed by atoms with E-state index < -0.39 is 6.04 Å². The molecule has 24 heavy (non-hydrogen) atoms. The number of likely N-dealkylation sites (tertiary alicyclic amines) is 1. The normalized spacial score (nSPS) is 15.3. The van der Waals surface area contributed by atoms with E-state index in [1.54, 1.807) is 13.0 Å². The Balaban J connectivity index is 1.74. The molecular weight excluding hydrogens is 306 g/mol. The average Bonchev–Trinajstić information content (AvgIpc) is 3.25. The maximum atomic E-state index is 12.8. The van der Waals surface area contributed by atoms with Gasteiger partial charge < -0.3 is 14.7 Å². The van der Waals surface area contributed by atoms with E-state index in [0.717, 1.165) is 31.5 Å². The summed E-state index contributed by atoms with van der Waals surface area (Å²) < 4.78 is 4.98. The molecule has 6 heteroatoms. The smallest absolute Gasteiger partial charge is 0.249 e. The second-order valence-electron chi connectivity index (χ2n) is 6.05. The summed E-state index contributed by atoms with van der Waals surface area (Å²) in [5, 5.41) is 6.68. The third kappa shape index (κ3) is 3.82. The molecule has 2 amide bonds. The first-order chi connectivity index (χ1) is 11.6. The zero-order chi connectivity index (χ0) is 16.9. The highest BCUT2D eigenvalue weighted by Crippen LogP contribution is 2.19. The Morgan fingerprint density at radius 1 is 1.25 bits per heavy atom. The van der Waals surface area contributed by atoms with E-state index in [2.05, 4.69) is 10.5 Å². The lowest BCUT2D eigenvalue weighted by Gasteiger charge is -2.24. The van der Waals surface area contributed by atoms with E-state index in [1.165, 1.54) is 0 Å². The van der Waals surface area contributed by atoms with Crippen molar-refractivity contribution in [3.05, 3.63) is 53.4 Å². The zero-order valence-corrected chi connectivity index (χ0v) is 13.7. The first-order valence-electron chi connectivity index (χ1n) is 8.19. The number of aromatic nitrogens is 1. The second kappa shape index (κ2) is 7.29. The summed E-state index contributed by atoms with van der Waals surface area (Å²) >= 11 is 0. The number of benzene rings is 1. The van der Waals surface area contributed by atoms with Crippen molar-refractivity contribution in [2.75, 3.05) is 13.1 Å². The lowest BCUT2D eigenvalue weighted by molar-refractivity contribution is -0.135. The number of rotatable bonds is 5. The van der Waals surface area contributed by atoms with E-state index in [-0.39, 0.29) is 18.2 Å². The van der Waals surface area contributed by atoms with Crippen molar-refractivity contribution in [1.82, 2.24) is 15.4 Å². The van der Waals surface area contributed by atoms with Crippen LogP contribution in [-0.2, 0) is 16.0 Å². The number of hydrogen-bond acceptors (Lipinski definition) is 4. The van der Waals surface area contributed by atoms with Gasteiger partial charge in [-0.15, -0.1) is 0 Å². The summed E-state index contributed by atoms with van der Waals surface area (Å²) in [6, 6.07) is 10.4. The Morgan fingerprint density at radius 3 is 2.58 bits per heavy atom. The topological polar surface area (TPSA) is 75.4 Å². The second-order valence-corrected chi connectivity index (χ2v) is 6.05. The standard InChI is InChI=1S/C18H21N3O3/c1-13-11-15(20-24-13)12-16(22)19-17(14-7-3-2-4-8-14)18(23)21-9-5-6-10-21/h2-4,7-8,11,17H,5-6,9-10,12H2,1H3,(H,19,22). The number of carbonyl (C=O) groups excluding carboxylic acids is 2. The molecule has 1 aromatic carbocycles. The van der Waals surface area contributed by atoms with Gasteiger partial charge in [0.25, 0.3) is 0 Å². The molecule has 126 valence electrons. The fraction of sp³-hybridized carbons (Fsp3) is 0.389. The number of nitrogens with one attached hydrogen (secondary N) is 1. The Morgan fingerprint density at radius 2 is 1.96 bits per heavy atom. The van der Waals surface area contributed by atoms with Crippen molar-refractivity contribution in [3.8, 4) is 0 Å². The van der Waals surface area contributed by atoms with E-state index in [4.69, 9.17) is 4.52 Å². The molecular formula is C18H21N3O3. The third-order valence-electron chi connectivity index (χ3n) is 4.12. The van der Waals surface area contributed by atoms with Crippen LogP contribution in [0.2, 0.25) is 0 Å². The van der Waals surface area contributed by atoms with Crippen LogP contribution in [0.25, 0.3) is 0 Å². The van der Waals surface area contributed by atoms with Crippen LogP contribution in [0.15, 0.2) is 40.9 Å². The van der Waals surface area contributed by atoms with Gasteiger partial charge in [0.15, 0.2) is 0 Å². The molecule has 0 saturated carbocycles. The first-order valence-corrected chi connectivity index (χ1v) is 8.19. The highest BCUT2D eigenvalue weighted by atomic mass is 16.5. The van der Waals surface area contributed by atoms with E-state index in [9.17, 15) is 9.59 Å². The Kier molecular flexibility index (Phi) is 4.93. The maximum Gasteiger partial charge on any atom is 0.249 e. The number of aryl methyl sites for hydroxylation is 1. The molecule has 1 N–H and O–H groups in total. The minimum absolute atomic E-state index is 0.0524.